The SMILES string of the molecule is Cc1ccc(S(=O)(=O)n2ccc3c(N(CCN4CCOCC4)C4CCCN(C(=O)OCc5ccccc5)C4)ncnc32)cc1. The van der Waals surface area contributed by atoms with Crippen molar-refractivity contribution in [1.29, 1.82) is 0 Å². The average molecular weight is 619 g/mol. The highest BCUT2D eigenvalue weighted by Gasteiger charge is 2.32. The van der Waals surface area contributed by atoms with Gasteiger partial charge in [0.1, 0.15) is 18.8 Å². The van der Waals surface area contributed by atoms with Crippen LogP contribution in [-0.4, -0.2) is 96.8 Å². The quantitative estimate of drug-likeness (QED) is 0.276. The van der Waals surface area contributed by atoms with E-state index in [4.69, 9.17) is 14.5 Å². The molecule has 0 bridgehead atoms. The number of carbonyl (C=O) groups excluding carboxylic acids is 1. The van der Waals surface area contributed by atoms with Crippen LogP contribution in [0.1, 0.15) is 24.0 Å². The highest BCUT2D eigenvalue weighted by Crippen LogP contribution is 2.30. The molecular formula is C32H38N6O5S. The van der Waals surface area contributed by atoms with Crippen molar-refractivity contribution in [2.24, 2.45) is 0 Å². The number of morpholine rings is 1. The second kappa shape index (κ2) is 13.3. The predicted molar refractivity (Wildman–Crippen MR) is 167 cm³/mol. The molecule has 12 heteroatoms. The molecule has 6 rings (SSSR count). The largest absolute Gasteiger partial charge is 0.445 e. The van der Waals surface area contributed by atoms with Gasteiger partial charge in [-0.1, -0.05) is 48.0 Å². The van der Waals surface area contributed by atoms with E-state index in [0.717, 1.165) is 43.6 Å². The first-order valence-electron chi connectivity index (χ1n) is 15.1. The number of hydrogen-bond donors (Lipinski definition) is 0. The summed E-state index contributed by atoms with van der Waals surface area (Å²) in [5, 5.41) is 0.647. The Bertz CT molecular complexity index is 1670. The average Bonchev–Trinajstić information content (AvgIpc) is 3.51. The Kier molecular flexibility index (Phi) is 9.10. The van der Waals surface area contributed by atoms with Crippen molar-refractivity contribution in [3.63, 3.8) is 0 Å². The van der Waals surface area contributed by atoms with Gasteiger partial charge in [0.2, 0.25) is 0 Å². The maximum atomic E-state index is 13.6. The Morgan fingerprint density at radius 1 is 1.02 bits per heavy atom. The topological polar surface area (TPSA) is 110 Å². The van der Waals surface area contributed by atoms with Gasteiger partial charge in [0.05, 0.1) is 23.5 Å². The van der Waals surface area contributed by atoms with E-state index in [1.165, 1.54) is 10.3 Å². The molecule has 4 heterocycles. The van der Waals surface area contributed by atoms with Crippen molar-refractivity contribution in [2.75, 3.05) is 57.4 Å². The zero-order chi connectivity index (χ0) is 30.5. The molecule has 0 N–H and O–H groups in total. The monoisotopic (exact) mass is 618 g/mol. The highest BCUT2D eigenvalue weighted by molar-refractivity contribution is 7.90. The minimum Gasteiger partial charge on any atom is -0.445 e. The standard InChI is InChI=1S/C32H38N6O5S/c1-25-9-11-28(12-10-25)44(40,41)38-15-13-29-30(33-24-34-31(29)38)37(17-16-35-18-20-42-21-19-35)27-8-5-14-36(22-27)32(39)43-23-26-6-3-2-4-7-26/h2-4,6-7,9-13,15,24,27H,5,8,14,16-23H2,1H3. The van der Waals surface area contributed by atoms with Crippen molar-refractivity contribution in [1.82, 2.24) is 23.7 Å². The lowest BCUT2D eigenvalue weighted by molar-refractivity contribution is 0.0386. The molecule has 0 aliphatic carbocycles. The molecule has 232 valence electrons. The molecule has 1 unspecified atom stereocenters. The number of aryl methyl sites for hydroxylation is 1. The third-order valence-corrected chi connectivity index (χ3v) is 10.0. The minimum atomic E-state index is -3.87. The summed E-state index contributed by atoms with van der Waals surface area (Å²) in [5.41, 5.74) is 2.24. The van der Waals surface area contributed by atoms with Crippen molar-refractivity contribution in [2.45, 2.75) is 37.3 Å². The summed E-state index contributed by atoms with van der Waals surface area (Å²) < 4.78 is 39.7. The highest BCUT2D eigenvalue weighted by atomic mass is 32.2. The molecule has 0 saturated carbocycles. The maximum Gasteiger partial charge on any atom is 0.410 e. The number of piperidine rings is 1. The van der Waals surface area contributed by atoms with Gasteiger partial charge >= 0.3 is 6.09 Å². The Morgan fingerprint density at radius 2 is 1.80 bits per heavy atom. The number of ether oxygens (including phenoxy) is 2. The van der Waals surface area contributed by atoms with Gasteiger partial charge in [-0.25, -0.2) is 27.2 Å². The fourth-order valence-corrected chi connectivity index (χ4v) is 7.18. The van der Waals surface area contributed by atoms with Gasteiger partial charge in [0.15, 0.2) is 5.65 Å². The molecule has 44 heavy (non-hydrogen) atoms. The molecular weight excluding hydrogens is 580 g/mol. The molecule has 11 nitrogen and oxygen atoms in total. The Balaban J connectivity index is 1.28. The van der Waals surface area contributed by atoms with Gasteiger partial charge in [0, 0.05) is 51.5 Å². The third kappa shape index (κ3) is 6.57. The van der Waals surface area contributed by atoms with E-state index in [9.17, 15) is 13.2 Å². The van der Waals surface area contributed by atoms with Crippen molar-refractivity contribution >= 4 is 33.0 Å². The number of hydrogen-bond acceptors (Lipinski definition) is 9. The smallest absolute Gasteiger partial charge is 0.410 e. The number of nitrogens with zero attached hydrogens (tertiary/aromatic N) is 6. The van der Waals surface area contributed by atoms with Crippen LogP contribution in [0.15, 0.2) is 78.1 Å². The van der Waals surface area contributed by atoms with Crippen LogP contribution < -0.4 is 4.90 Å². The maximum absolute atomic E-state index is 13.6. The second-order valence-electron chi connectivity index (χ2n) is 11.3. The molecule has 2 aromatic heterocycles. The first-order valence-corrected chi connectivity index (χ1v) is 16.5. The summed E-state index contributed by atoms with van der Waals surface area (Å²) in [7, 11) is -3.87. The van der Waals surface area contributed by atoms with Gasteiger partial charge in [-0.05, 0) is 43.5 Å². The summed E-state index contributed by atoms with van der Waals surface area (Å²) in [6.07, 6.45) is 4.31. The molecule has 2 aliphatic rings. The normalized spacial score (nSPS) is 17.9. The molecule has 1 amide bonds. The number of amides is 1. The van der Waals surface area contributed by atoms with E-state index in [2.05, 4.69) is 14.8 Å². The number of fused-ring (bicyclic) bond motifs is 1. The third-order valence-electron chi connectivity index (χ3n) is 8.34. The summed E-state index contributed by atoms with van der Waals surface area (Å²) >= 11 is 0. The van der Waals surface area contributed by atoms with Crippen molar-refractivity contribution < 1.29 is 22.7 Å². The van der Waals surface area contributed by atoms with E-state index in [-0.39, 0.29) is 23.6 Å². The fraction of sp³-hybridized carbons (Fsp3) is 0.406. The van der Waals surface area contributed by atoms with Crippen LogP contribution in [0.5, 0.6) is 0 Å². The van der Waals surface area contributed by atoms with Crippen LogP contribution >= 0.6 is 0 Å². The van der Waals surface area contributed by atoms with E-state index in [1.807, 2.05) is 37.3 Å². The van der Waals surface area contributed by atoms with E-state index in [1.54, 1.807) is 41.4 Å². The first kappa shape index (κ1) is 30.0. The molecule has 0 spiro atoms. The second-order valence-corrected chi connectivity index (χ2v) is 13.1. The van der Waals surface area contributed by atoms with Crippen LogP contribution in [0, 0.1) is 6.92 Å². The van der Waals surface area contributed by atoms with Gasteiger partial charge < -0.3 is 19.3 Å². The number of carbonyl (C=O) groups is 1. The van der Waals surface area contributed by atoms with Crippen LogP contribution in [0.2, 0.25) is 0 Å². The van der Waals surface area contributed by atoms with Gasteiger partial charge in [-0.15, -0.1) is 0 Å². The summed E-state index contributed by atoms with van der Waals surface area (Å²) in [6, 6.07) is 18.2. The number of likely N-dealkylation sites (tertiary alicyclic amines) is 1. The summed E-state index contributed by atoms with van der Waals surface area (Å²) in [4.78, 5) is 28.8. The van der Waals surface area contributed by atoms with E-state index in [0.29, 0.717) is 49.7 Å². The van der Waals surface area contributed by atoms with Crippen LogP contribution in [0.3, 0.4) is 0 Å². The molecule has 2 saturated heterocycles. The van der Waals surface area contributed by atoms with E-state index >= 15 is 0 Å². The first-order chi connectivity index (χ1) is 21.4. The van der Waals surface area contributed by atoms with Crippen molar-refractivity contribution in [3.05, 3.63) is 84.3 Å². The molecule has 0 radical (unpaired) electrons. The fourth-order valence-electron chi connectivity index (χ4n) is 5.88. The Hall–Kier alpha value is -4.00. The molecule has 2 fully saturated rings. The van der Waals surface area contributed by atoms with Crippen LogP contribution in [0.4, 0.5) is 10.6 Å². The van der Waals surface area contributed by atoms with E-state index < -0.39 is 10.0 Å². The lowest BCUT2D eigenvalue weighted by Gasteiger charge is -2.40. The van der Waals surface area contributed by atoms with Crippen LogP contribution in [-0.2, 0) is 26.1 Å². The number of rotatable bonds is 9. The zero-order valence-electron chi connectivity index (χ0n) is 24.9. The number of benzene rings is 2. The van der Waals surface area contributed by atoms with Gasteiger partial charge in [-0.2, -0.15) is 0 Å². The van der Waals surface area contributed by atoms with Crippen molar-refractivity contribution in [3.8, 4) is 0 Å². The number of anilines is 1. The minimum absolute atomic E-state index is 0.0378. The van der Waals surface area contributed by atoms with Crippen LogP contribution in [0.25, 0.3) is 11.0 Å². The van der Waals surface area contributed by atoms with Gasteiger partial charge in [-0.3, -0.25) is 4.90 Å². The molecule has 2 aliphatic heterocycles. The predicted octanol–water partition coefficient (Wildman–Crippen LogP) is 3.92. The number of aromatic nitrogens is 3. The zero-order valence-corrected chi connectivity index (χ0v) is 25.7. The Labute approximate surface area is 258 Å². The molecule has 1 atom stereocenters. The lowest BCUT2D eigenvalue weighted by Crippen LogP contribution is -2.52. The summed E-state index contributed by atoms with van der Waals surface area (Å²) in [5.74, 6) is 0.658. The summed E-state index contributed by atoms with van der Waals surface area (Å²) in [6.45, 7) is 7.76. The van der Waals surface area contributed by atoms with Gasteiger partial charge in [0.25, 0.3) is 10.0 Å². The lowest BCUT2D eigenvalue weighted by atomic mass is 10.0. The Morgan fingerprint density at radius 3 is 2.57 bits per heavy atom. The molecule has 4 aromatic rings. The molecule has 2 aromatic carbocycles.